The van der Waals surface area contributed by atoms with Crippen LogP contribution in [0.5, 0.6) is 0 Å². The SMILES string of the molecule is CC(C(N)=NO)N1CCN(S(=O)(=O)C(C)(C)C)CC1. The number of nitrogens with two attached hydrogens (primary N) is 1. The number of sulfonamides is 1. The third-order valence-electron chi connectivity index (χ3n) is 3.48. The van der Waals surface area contributed by atoms with Crippen LogP contribution in [-0.4, -0.2) is 65.6 Å². The summed E-state index contributed by atoms with van der Waals surface area (Å²) in [6.07, 6.45) is 0. The second kappa shape index (κ2) is 5.64. The van der Waals surface area contributed by atoms with Crippen LogP contribution < -0.4 is 5.73 Å². The molecule has 1 atom stereocenters. The Balaban J connectivity index is 2.69. The molecule has 1 aliphatic rings. The predicted octanol–water partition coefficient (Wildman–Crippen LogP) is -0.133. The van der Waals surface area contributed by atoms with Gasteiger partial charge in [0, 0.05) is 26.2 Å². The largest absolute Gasteiger partial charge is 0.409 e. The fourth-order valence-electron chi connectivity index (χ4n) is 1.99. The fourth-order valence-corrected chi connectivity index (χ4v) is 3.41. The molecule has 1 saturated heterocycles. The molecule has 0 saturated carbocycles. The summed E-state index contributed by atoms with van der Waals surface area (Å²) >= 11 is 0. The molecular weight excluding hydrogens is 268 g/mol. The standard InChI is InChI=1S/C11H24N4O3S/c1-9(10(12)13-16)14-5-7-15(8-6-14)19(17,18)11(2,3)4/h9,16H,5-8H2,1-4H3,(H2,12,13). The Kier molecular flexibility index (Phi) is 4.81. The first-order chi connectivity index (χ1) is 8.61. The lowest BCUT2D eigenvalue weighted by atomic mass is 10.2. The van der Waals surface area contributed by atoms with Gasteiger partial charge in [0.15, 0.2) is 5.84 Å². The summed E-state index contributed by atoms with van der Waals surface area (Å²) in [6, 6.07) is -0.190. The van der Waals surface area contributed by atoms with Crippen molar-refractivity contribution in [3.63, 3.8) is 0 Å². The number of hydrogen-bond acceptors (Lipinski definition) is 5. The van der Waals surface area contributed by atoms with Crippen LogP contribution in [0.25, 0.3) is 0 Å². The first-order valence-electron chi connectivity index (χ1n) is 6.32. The van der Waals surface area contributed by atoms with Gasteiger partial charge in [-0.1, -0.05) is 5.16 Å². The monoisotopic (exact) mass is 292 g/mol. The number of rotatable bonds is 3. The number of amidine groups is 1. The minimum Gasteiger partial charge on any atom is -0.409 e. The van der Waals surface area contributed by atoms with Crippen molar-refractivity contribution in [1.82, 2.24) is 9.21 Å². The van der Waals surface area contributed by atoms with Crippen LogP contribution in [0.2, 0.25) is 0 Å². The summed E-state index contributed by atoms with van der Waals surface area (Å²) < 4.78 is 25.3. The summed E-state index contributed by atoms with van der Waals surface area (Å²) in [4.78, 5) is 2.00. The van der Waals surface area contributed by atoms with E-state index in [2.05, 4.69) is 5.16 Å². The molecule has 0 aromatic carbocycles. The van der Waals surface area contributed by atoms with E-state index in [1.807, 2.05) is 11.8 Å². The van der Waals surface area contributed by atoms with Crippen LogP contribution in [-0.2, 0) is 10.0 Å². The maximum Gasteiger partial charge on any atom is 0.219 e. The Bertz CT molecular complexity index is 433. The molecule has 0 radical (unpaired) electrons. The maximum atomic E-state index is 12.3. The molecule has 1 aliphatic heterocycles. The van der Waals surface area contributed by atoms with Gasteiger partial charge in [-0.15, -0.1) is 0 Å². The van der Waals surface area contributed by atoms with Gasteiger partial charge >= 0.3 is 0 Å². The highest BCUT2D eigenvalue weighted by molar-refractivity contribution is 7.90. The van der Waals surface area contributed by atoms with Crippen molar-refractivity contribution in [2.45, 2.75) is 38.5 Å². The van der Waals surface area contributed by atoms with Gasteiger partial charge in [0.2, 0.25) is 10.0 Å². The van der Waals surface area contributed by atoms with Crippen LogP contribution in [0.3, 0.4) is 0 Å². The molecule has 1 unspecified atom stereocenters. The molecule has 1 rings (SSSR count). The van der Waals surface area contributed by atoms with Gasteiger partial charge in [-0.3, -0.25) is 4.90 Å². The van der Waals surface area contributed by atoms with Crippen LogP contribution in [0, 0.1) is 0 Å². The molecule has 8 heteroatoms. The molecule has 0 aromatic rings. The Morgan fingerprint density at radius 3 is 2.11 bits per heavy atom. The highest BCUT2D eigenvalue weighted by Gasteiger charge is 2.37. The number of oxime groups is 1. The average molecular weight is 292 g/mol. The molecule has 1 fully saturated rings. The lowest BCUT2D eigenvalue weighted by molar-refractivity contribution is 0.169. The summed E-state index contributed by atoms with van der Waals surface area (Å²) in [5.74, 6) is 0.145. The van der Waals surface area contributed by atoms with Crippen molar-refractivity contribution >= 4 is 15.9 Å². The first kappa shape index (κ1) is 16.2. The Morgan fingerprint density at radius 1 is 1.26 bits per heavy atom. The number of nitrogens with zero attached hydrogens (tertiary/aromatic N) is 3. The number of hydrogen-bond donors (Lipinski definition) is 2. The molecule has 7 nitrogen and oxygen atoms in total. The van der Waals surface area contributed by atoms with Gasteiger partial charge in [-0.05, 0) is 27.7 Å². The Labute approximate surface area is 115 Å². The molecular formula is C11H24N4O3S. The van der Waals surface area contributed by atoms with Gasteiger partial charge in [0.25, 0.3) is 0 Å². The molecule has 3 N–H and O–H groups in total. The molecule has 19 heavy (non-hydrogen) atoms. The van der Waals surface area contributed by atoms with Crippen molar-refractivity contribution in [3.8, 4) is 0 Å². The van der Waals surface area contributed by atoms with E-state index in [0.717, 1.165) is 0 Å². The van der Waals surface area contributed by atoms with Crippen LogP contribution >= 0.6 is 0 Å². The summed E-state index contributed by atoms with van der Waals surface area (Å²) in [7, 11) is -3.28. The van der Waals surface area contributed by atoms with E-state index < -0.39 is 14.8 Å². The molecule has 0 aromatic heterocycles. The van der Waals surface area contributed by atoms with E-state index in [1.165, 1.54) is 4.31 Å². The van der Waals surface area contributed by atoms with Crippen LogP contribution in [0.15, 0.2) is 5.16 Å². The normalized spacial score (nSPS) is 22.4. The highest BCUT2D eigenvalue weighted by atomic mass is 32.2. The zero-order valence-corrected chi connectivity index (χ0v) is 12.8. The topological polar surface area (TPSA) is 99.2 Å². The molecule has 0 amide bonds. The van der Waals surface area contributed by atoms with E-state index in [0.29, 0.717) is 26.2 Å². The smallest absolute Gasteiger partial charge is 0.219 e. The van der Waals surface area contributed by atoms with E-state index in [-0.39, 0.29) is 11.9 Å². The van der Waals surface area contributed by atoms with E-state index in [4.69, 9.17) is 10.9 Å². The fraction of sp³-hybridized carbons (Fsp3) is 0.909. The zero-order valence-electron chi connectivity index (χ0n) is 12.0. The Hall–Kier alpha value is -0.860. The second-order valence-electron chi connectivity index (χ2n) is 5.75. The van der Waals surface area contributed by atoms with Gasteiger partial charge in [-0.2, -0.15) is 4.31 Å². The molecule has 112 valence electrons. The Morgan fingerprint density at radius 2 is 1.74 bits per heavy atom. The first-order valence-corrected chi connectivity index (χ1v) is 7.76. The van der Waals surface area contributed by atoms with Crippen molar-refractivity contribution in [3.05, 3.63) is 0 Å². The third kappa shape index (κ3) is 3.37. The van der Waals surface area contributed by atoms with E-state index >= 15 is 0 Å². The van der Waals surface area contributed by atoms with Gasteiger partial charge in [0.05, 0.1) is 10.8 Å². The lowest BCUT2D eigenvalue weighted by Crippen LogP contribution is -2.56. The van der Waals surface area contributed by atoms with Gasteiger partial charge < -0.3 is 10.9 Å². The third-order valence-corrected chi connectivity index (χ3v) is 6.07. The summed E-state index contributed by atoms with van der Waals surface area (Å²) in [5, 5.41) is 11.6. The minimum absolute atomic E-state index is 0.145. The minimum atomic E-state index is -3.28. The van der Waals surface area contributed by atoms with Crippen molar-refractivity contribution in [2.75, 3.05) is 26.2 Å². The number of piperazine rings is 1. The predicted molar refractivity (Wildman–Crippen MR) is 74.7 cm³/mol. The van der Waals surface area contributed by atoms with Crippen LogP contribution in [0.4, 0.5) is 0 Å². The van der Waals surface area contributed by atoms with Crippen LogP contribution in [0.1, 0.15) is 27.7 Å². The van der Waals surface area contributed by atoms with E-state index in [9.17, 15) is 8.42 Å². The average Bonchev–Trinajstić information content (AvgIpc) is 2.35. The van der Waals surface area contributed by atoms with Gasteiger partial charge in [-0.25, -0.2) is 8.42 Å². The highest BCUT2D eigenvalue weighted by Crippen LogP contribution is 2.21. The second-order valence-corrected chi connectivity index (χ2v) is 8.44. The molecule has 0 aliphatic carbocycles. The summed E-state index contributed by atoms with van der Waals surface area (Å²) in [6.45, 7) is 8.96. The quantitative estimate of drug-likeness (QED) is 0.327. The maximum absolute atomic E-state index is 12.3. The molecule has 0 bridgehead atoms. The van der Waals surface area contributed by atoms with E-state index in [1.54, 1.807) is 20.8 Å². The van der Waals surface area contributed by atoms with Gasteiger partial charge in [0.1, 0.15) is 0 Å². The molecule has 1 heterocycles. The van der Waals surface area contributed by atoms with Crippen molar-refractivity contribution < 1.29 is 13.6 Å². The van der Waals surface area contributed by atoms with Crippen molar-refractivity contribution in [1.29, 1.82) is 0 Å². The lowest BCUT2D eigenvalue weighted by Gasteiger charge is -2.39. The molecule has 0 spiro atoms. The van der Waals surface area contributed by atoms with Crippen molar-refractivity contribution in [2.24, 2.45) is 10.9 Å². The summed E-state index contributed by atoms with van der Waals surface area (Å²) in [5.41, 5.74) is 5.56. The zero-order chi connectivity index (χ0) is 14.8.